The molecule has 0 amide bonds. The molecule has 12 heavy (non-hydrogen) atoms. The zero-order valence-electron chi connectivity index (χ0n) is 8.78. The van der Waals surface area contributed by atoms with Crippen LogP contribution in [0.15, 0.2) is 0 Å². The van der Waals surface area contributed by atoms with Crippen molar-refractivity contribution in [3.05, 3.63) is 0 Å². The summed E-state index contributed by atoms with van der Waals surface area (Å²) in [5, 5.41) is 9.92. The molecule has 3 nitrogen and oxygen atoms in total. The van der Waals surface area contributed by atoms with E-state index in [-0.39, 0.29) is 0 Å². The maximum Gasteiger partial charge on any atom is 0.0581 e. The van der Waals surface area contributed by atoms with Crippen LogP contribution in [0.25, 0.3) is 0 Å². The lowest BCUT2D eigenvalue weighted by Gasteiger charge is -2.20. The van der Waals surface area contributed by atoms with Gasteiger partial charge >= 0.3 is 0 Å². The topological polar surface area (TPSA) is 36.1 Å². The first-order chi connectivity index (χ1) is 5.74. The molecule has 0 heterocycles. The van der Waals surface area contributed by atoms with Gasteiger partial charge in [-0.2, -0.15) is 0 Å². The highest BCUT2D eigenvalue weighted by atomic mass is 28.1. The maximum absolute atomic E-state index is 3.49. The van der Waals surface area contributed by atoms with Gasteiger partial charge in [0.2, 0.25) is 0 Å². The van der Waals surface area contributed by atoms with Gasteiger partial charge in [-0.25, -0.2) is 0 Å². The quantitative estimate of drug-likeness (QED) is 0.352. The molecule has 0 aromatic heterocycles. The van der Waals surface area contributed by atoms with E-state index >= 15 is 0 Å². The van der Waals surface area contributed by atoms with Gasteiger partial charge in [-0.15, -0.1) is 0 Å². The van der Waals surface area contributed by atoms with Crippen LogP contribution in [-0.4, -0.2) is 43.1 Å². The summed E-state index contributed by atoms with van der Waals surface area (Å²) in [6.45, 7) is 3.41. The fourth-order valence-corrected chi connectivity index (χ4v) is 1.50. The Labute approximate surface area is 79.1 Å². The summed E-state index contributed by atoms with van der Waals surface area (Å²) in [5.41, 5.74) is 0. The second-order valence-electron chi connectivity index (χ2n) is 3.22. The SMILES string of the molecule is CNC(CC(C)NCC[SiH3])NC. The number of hydrogen-bond acceptors (Lipinski definition) is 3. The van der Waals surface area contributed by atoms with Crippen LogP contribution < -0.4 is 16.0 Å². The van der Waals surface area contributed by atoms with Gasteiger partial charge < -0.3 is 16.0 Å². The summed E-state index contributed by atoms with van der Waals surface area (Å²) in [6, 6.07) is 1.94. The van der Waals surface area contributed by atoms with Crippen LogP contribution in [-0.2, 0) is 0 Å². The minimum Gasteiger partial charge on any atom is -0.314 e. The molecule has 0 spiro atoms. The molecular weight excluding hydrogens is 166 g/mol. The van der Waals surface area contributed by atoms with Crippen molar-refractivity contribution in [1.82, 2.24) is 16.0 Å². The van der Waals surface area contributed by atoms with Crippen molar-refractivity contribution >= 4 is 10.2 Å². The molecule has 74 valence electrons. The van der Waals surface area contributed by atoms with Gasteiger partial charge in [0.25, 0.3) is 0 Å². The molecule has 1 atom stereocenters. The van der Waals surface area contributed by atoms with E-state index in [1.807, 2.05) is 14.1 Å². The van der Waals surface area contributed by atoms with E-state index in [0.717, 1.165) is 6.42 Å². The van der Waals surface area contributed by atoms with Crippen LogP contribution in [0.4, 0.5) is 0 Å². The van der Waals surface area contributed by atoms with Gasteiger partial charge in [0, 0.05) is 16.3 Å². The zero-order valence-corrected chi connectivity index (χ0v) is 10.8. The fraction of sp³-hybridized carbons (Fsp3) is 1.00. The second-order valence-corrected chi connectivity index (χ2v) is 4.22. The number of rotatable bonds is 7. The van der Waals surface area contributed by atoms with Crippen LogP contribution in [0.2, 0.25) is 6.04 Å². The predicted molar refractivity (Wildman–Crippen MR) is 58.7 cm³/mol. The predicted octanol–water partition coefficient (Wildman–Crippen LogP) is -1.10. The molecule has 1 unspecified atom stereocenters. The molecule has 0 bridgehead atoms. The highest BCUT2D eigenvalue weighted by molar-refractivity contribution is 6.08. The van der Waals surface area contributed by atoms with E-state index < -0.39 is 0 Å². The van der Waals surface area contributed by atoms with Crippen molar-refractivity contribution < 1.29 is 0 Å². The van der Waals surface area contributed by atoms with Crippen molar-refractivity contribution in [2.24, 2.45) is 0 Å². The molecule has 0 fully saturated rings. The molecule has 0 aliphatic rings. The van der Waals surface area contributed by atoms with E-state index in [2.05, 4.69) is 22.9 Å². The third-order valence-corrected chi connectivity index (χ3v) is 2.53. The molecule has 0 saturated heterocycles. The van der Waals surface area contributed by atoms with Crippen LogP contribution in [0.1, 0.15) is 13.3 Å². The molecule has 4 heteroatoms. The Balaban J connectivity index is 3.44. The molecule has 0 radical (unpaired) electrons. The van der Waals surface area contributed by atoms with Crippen LogP contribution in [0.5, 0.6) is 0 Å². The molecule has 3 N–H and O–H groups in total. The van der Waals surface area contributed by atoms with Crippen molar-refractivity contribution in [3.63, 3.8) is 0 Å². The smallest absolute Gasteiger partial charge is 0.0581 e. The van der Waals surface area contributed by atoms with E-state index in [0.29, 0.717) is 12.2 Å². The summed E-state index contributed by atoms with van der Waals surface area (Å²) in [5.74, 6) is 0. The van der Waals surface area contributed by atoms with Crippen LogP contribution >= 0.6 is 0 Å². The Morgan fingerprint density at radius 3 is 2.25 bits per heavy atom. The Morgan fingerprint density at radius 1 is 1.25 bits per heavy atom. The monoisotopic (exact) mass is 189 g/mol. The summed E-state index contributed by atoms with van der Waals surface area (Å²) in [7, 11) is 5.27. The first-order valence-electron chi connectivity index (χ1n) is 4.82. The number of nitrogens with one attached hydrogen (secondary N) is 3. The second kappa shape index (κ2) is 7.73. The van der Waals surface area contributed by atoms with Gasteiger partial charge in [0.15, 0.2) is 0 Å². The van der Waals surface area contributed by atoms with Gasteiger partial charge in [-0.3, -0.25) is 0 Å². The zero-order chi connectivity index (χ0) is 9.40. The standard InChI is InChI=1S/C8H23N3Si/c1-7(11-4-5-12)6-8(9-2)10-3/h7-11H,4-6H2,1-3,12H3. The number of hydrogen-bond donors (Lipinski definition) is 3. The highest BCUT2D eigenvalue weighted by Gasteiger charge is 2.07. The van der Waals surface area contributed by atoms with Crippen molar-refractivity contribution in [3.8, 4) is 0 Å². The summed E-state index contributed by atoms with van der Waals surface area (Å²) in [6.07, 6.45) is 1.57. The average Bonchev–Trinajstić information content (AvgIpc) is 2.10. The molecule has 0 saturated carbocycles. The van der Waals surface area contributed by atoms with E-state index in [4.69, 9.17) is 0 Å². The maximum atomic E-state index is 3.49. The van der Waals surface area contributed by atoms with Crippen molar-refractivity contribution in [1.29, 1.82) is 0 Å². The Morgan fingerprint density at radius 2 is 1.83 bits per heavy atom. The van der Waals surface area contributed by atoms with E-state index in [9.17, 15) is 0 Å². The molecule has 0 rings (SSSR count). The molecule has 0 aromatic rings. The summed E-state index contributed by atoms with van der Waals surface area (Å²) in [4.78, 5) is 0. The van der Waals surface area contributed by atoms with Gasteiger partial charge in [-0.1, -0.05) is 6.04 Å². The lowest BCUT2D eigenvalue weighted by Crippen LogP contribution is -2.43. The largest absolute Gasteiger partial charge is 0.314 e. The molecular formula is C8H23N3Si. The Bertz CT molecular complexity index is 96.3. The third kappa shape index (κ3) is 5.71. The Kier molecular flexibility index (Phi) is 7.79. The van der Waals surface area contributed by atoms with Crippen LogP contribution in [0, 0.1) is 0 Å². The molecule has 0 aliphatic carbocycles. The minimum atomic E-state index is 0.432. The average molecular weight is 189 g/mol. The highest BCUT2D eigenvalue weighted by Crippen LogP contribution is 1.93. The van der Waals surface area contributed by atoms with Crippen molar-refractivity contribution in [2.45, 2.75) is 31.6 Å². The van der Waals surface area contributed by atoms with Gasteiger partial charge in [0.05, 0.1) is 6.17 Å². The normalized spacial score (nSPS) is 14.0. The summed E-state index contributed by atoms with van der Waals surface area (Å²) < 4.78 is 0. The van der Waals surface area contributed by atoms with Crippen LogP contribution in [0.3, 0.4) is 0 Å². The first-order valence-corrected chi connectivity index (χ1v) is 6.23. The van der Waals surface area contributed by atoms with E-state index in [1.54, 1.807) is 0 Å². The Hall–Kier alpha value is 0.0969. The third-order valence-electron chi connectivity index (χ3n) is 2.03. The van der Waals surface area contributed by atoms with E-state index in [1.165, 1.54) is 22.8 Å². The lowest BCUT2D eigenvalue weighted by atomic mass is 10.2. The molecule has 0 aromatic carbocycles. The lowest BCUT2D eigenvalue weighted by molar-refractivity contribution is 0.396. The fourth-order valence-electron chi connectivity index (χ4n) is 1.21. The summed E-state index contributed by atoms with van der Waals surface area (Å²) >= 11 is 0. The first kappa shape index (κ1) is 12.1. The minimum absolute atomic E-state index is 0.432. The molecule has 0 aliphatic heterocycles. The van der Waals surface area contributed by atoms with Crippen molar-refractivity contribution in [2.75, 3.05) is 20.6 Å². The van der Waals surface area contributed by atoms with Gasteiger partial charge in [-0.05, 0) is 34.0 Å². The van der Waals surface area contributed by atoms with Gasteiger partial charge in [0.1, 0.15) is 0 Å².